The monoisotopic (exact) mass is 532 g/mol. The van der Waals surface area contributed by atoms with Crippen LogP contribution in [-0.4, -0.2) is 46.2 Å². The first-order valence-corrected chi connectivity index (χ1v) is 13.4. The number of carbonyl (C=O) groups excluding carboxylic acids is 2. The number of thiocarbonyl (C=S) groups is 1. The minimum absolute atomic E-state index is 0.115. The van der Waals surface area contributed by atoms with E-state index in [4.69, 9.17) is 27.7 Å². The molecule has 2 fully saturated rings. The summed E-state index contributed by atoms with van der Waals surface area (Å²) in [6.45, 7) is 3.80. The fraction of sp³-hybridized carbons (Fsp3) is 0.286. The van der Waals surface area contributed by atoms with E-state index in [0.717, 1.165) is 39.2 Å². The number of nitrogens with zero attached hydrogens (tertiary/aromatic N) is 3. The molecular formula is C28H28N4O3S2. The Morgan fingerprint density at radius 3 is 2.62 bits per heavy atom. The van der Waals surface area contributed by atoms with E-state index in [1.807, 2.05) is 55.5 Å². The molecule has 2 aromatic carbocycles. The molecule has 0 spiro atoms. The number of nitrogens with two attached hydrogens (primary N) is 1. The third kappa shape index (κ3) is 5.19. The van der Waals surface area contributed by atoms with Gasteiger partial charge < -0.3 is 15.4 Å². The number of para-hydroxylation sites is 1. The maximum Gasteiger partial charge on any atom is 0.266 e. The number of rotatable bonds is 6. The van der Waals surface area contributed by atoms with Crippen molar-refractivity contribution in [1.82, 2.24) is 9.88 Å². The molecule has 0 aliphatic carbocycles. The van der Waals surface area contributed by atoms with E-state index < -0.39 is 0 Å². The van der Waals surface area contributed by atoms with E-state index in [2.05, 4.69) is 11.0 Å². The SMILES string of the molecule is COc1ccc(CN2C(=O)/C(=C/c3cc4cccc(C)c4nc3N3CCC(C(N)=O)CC3)SC2=S)cc1. The van der Waals surface area contributed by atoms with Gasteiger partial charge in [0.1, 0.15) is 15.9 Å². The number of pyridine rings is 1. The minimum atomic E-state index is -0.247. The van der Waals surface area contributed by atoms with Crippen molar-refractivity contribution < 1.29 is 14.3 Å². The molecule has 3 aromatic rings. The highest BCUT2D eigenvalue weighted by Crippen LogP contribution is 2.37. The van der Waals surface area contributed by atoms with Crippen LogP contribution in [0, 0.1) is 12.8 Å². The summed E-state index contributed by atoms with van der Waals surface area (Å²) >= 11 is 6.89. The number of carbonyl (C=O) groups is 2. The zero-order valence-corrected chi connectivity index (χ0v) is 22.4. The number of methoxy groups -OCH3 is 1. The van der Waals surface area contributed by atoms with Crippen LogP contribution >= 0.6 is 24.0 Å². The van der Waals surface area contributed by atoms with Gasteiger partial charge in [-0.3, -0.25) is 14.5 Å². The zero-order chi connectivity index (χ0) is 26.1. The molecule has 9 heteroatoms. The van der Waals surface area contributed by atoms with Gasteiger partial charge in [-0.05, 0) is 55.2 Å². The normalized spacial score (nSPS) is 17.7. The molecule has 2 aliphatic heterocycles. The molecule has 0 atom stereocenters. The second-order valence-corrected chi connectivity index (χ2v) is 11.0. The fourth-order valence-electron chi connectivity index (χ4n) is 4.78. The molecule has 0 bridgehead atoms. The predicted octanol–water partition coefficient (Wildman–Crippen LogP) is 4.65. The highest BCUT2D eigenvalue weighted by molar-refractivity contribution is 8.26. The van der Waals surface area contributed by atoms with Crippen molar-refractivity contribution >= 4 is 62.9 Å². The summed E-state index contributed by atoms with van der Waals surface area (Å²) in [5, 5.41) is 1.01. The minimum Gasteiger partial charge on any atom is -0.497 e. The van der Waals surface area contributed by atoms with Crippen molar-refractivity contribution in [2.45, 2.75) is 26.3 Å². The first-order valence-electron chi connectivity index (χ1n) is 12.2. The summed E-state index contributed by atoms with van der Waals surface area (Å²) < 4.78 is 5.76. The molecule has 5 rings (SSSR count). The van der Waals surface area contributed by atoms with E-state index in [-0.39, 0.29) is 17.7 Å². The third-order valence-corrected chi connectivity index (χ3v) is 8.29. The molecule has 3 heterocycles. The van der Waals surface area contributed by atoms with Crippen molar-refractivity contribution in [3.05, 3.63) is 70.1 Å². The van der Waals surface area contributed by atoms with E-state index in [1.165, 1.54) is 11.8 Å². The Morgan fingerprint density at radius 1 is 1.22 bits per heavy atom. The fourth-order valence-corrected chi connectivity index (χ4v) is 6.03. The predicted molar refractivity (Wildman–Crippen MR) is 152 cm³/mol. The summed E-state index contributed by atoms with van der Waals surface area (Å²) in [5.74, 6) is 1.10. The van der Waals surface area contributed by atoms with Crippen LogP contribution in [0.4, 0.5) is 5.82 Å². The molecule has 0 radical (unpaired) electrons. The van der Waals surface area contributed by atoms with Crippen LogP contribution in [0.15, 0.2) is 53.4 Å². The number of hydrogen-bond acceptors (Lipinski definition) is 7. The molecule has 190 valence electrons. The van der Waals surface area contributed by atoms with E-state index in [1.54, 1.807) is 12.0 Å². The topological polar surface area (TPSA) is 88.8 Å². The lowest BCUT2D eigenvalue weighted by molar-refractivity contribution is -0.123. The number of anilines is 1. The number of aromatic nitrogens is 1. The van der Waals surface area contributed by atoms with Gasteiger partial charge in [-0.1, -0.05) is 54.3 Å². The number of fused-ring (bicyclic) bond motifs is 1. The van der Waals surface area contributed by atoms with Crippen LogP contribution in [0.25, 0.3) is 17.0 Å². The molecule has 2 amide bonds. The summed E-state index contributed by atoms with van der Waals surface area (Å²) in [4.78, 5) is 34.5. The van der Waals surface area contributed by atoms with E-state index in [9.17, 15) is 9.59 Å². The second kappa shape index (κ2) is 10.5. The number of thioether (sulfide) groups is 1. The Labute approximate surface area is 225 Å². The lowest BCUT2D eigenvalue weighted by atomic mass is 9.96. The van der Waals surface area contributed by atoms with Gasteiger partial charge in [-0.25, -0.2) is 4.98 Å². The summed E-state index contributed by atoms with van der Waals surface area (Å²) in [5.41, 5.74) is 9.40. The summed E-state index contributed by atoms with van der Waals surface area (Å²) in [6, 6.07) is 15.8. The first kappa shape index (κ1) is 25.2. The second-order valence-electron chi connectivity index (χ2n) is 9.33. The lowest BCUT2D eigenvalue weighted by Gasteiger charge is -2.32. The van der Waals surface area contributed by atoms with Crippen LogP contribution in [0.5, 0.6) is 5.75 Å². The van der Waals surface area contributed by atoms with E-state index >= 15 is 0 Å². The average Bonchev–Trinajstić information content (AvgIpc) is 3.16. The van der Waals surface area contributed by atoms with Gasteiger partial charge in [0, 0.05) is 30.0 Å². The first-order chi connectivity index (χ1) is 17.8. The van der Waals surface area contributed by atoms with Crippen LogP contribution < -0.4 is 15.4 Å². The van der Waals surface area contributed by atoms with Gasteiger partial charge in [0.2, 0.25) is 5.91 Å². The van der Waals surface area contributed by atoms with Crippen LogP contribution in [-0.2, 0) is 16.1 Å². The summed E-state index contributed by atoms with van der Waals surface area (Å²) in [6.07, 6.45) is 3.27. The molecule has 1 aromatic heterocycles. The highest BCUT2D eigenvalue weighted by Gasteiger charge is 2.33. The van der Waals surface area contributed by atoms with Gasteiger partial charge in [0.05, 0.1) is 24.1 Å². The molecule has 2 N–H and O–H groups in total. The standard InChI is InChI=1S/C28H28N4O3S2/c1-17-4-3-5-20-14-21(26(30-24(17)20)31-12-10-19(11-13-31)25(29)33)15-23-27(34)32(28(36)37-23)16-18-6-8-22(35-2)9-7-18/h3-9,14-15,19H,10-13,16H2,1-2H3,(H2,29,33)/b23-15-. The molecule has 7 nitrogen and oxygen atoms in total. The lowest BCUT2D eigenvalue weighted by Crippen LogP contribution is -2.39. The number of piperidine rings is 1. The van der Waals surface area contributed by atoms with Crippen molar-refractivity contribution in [2.24, 2.45) is 11.7 Å². The molecular weight excluding hydrogens is 504 g/mol. The summed E-state index contributed by atoms with van der Waals surface area (Å²) in [7, 11) is 1.62. The number of hydrogen-bond donors (Lipinski definition) is 1. The van der Waals surface area contributed by atoms with Crippen LogP contribution in [0.3, 0.4) is 0 Å². The Kier molecular flexibility index (Phi) is 7.17. The van der Waals surface area contributed by atoms with Gasteiger partial charge in [-0.2, -0.15) is 0 Å². The van der Waals surface area contributed by atoms with Crippen LogP contribution in [0.1, 0.15) is 29.5 Å². The largest absolute Gasteiger partial charge is 0.497 e. The maximum absolute atomic E-state index is 13.4. The molecule has 0 unspecified atom stereocenters. The van der Waals surface area contributed by atoms with Gasteiger partial charge in [0.25, 0.3) is 5.91 Å². The number of ether oxygens (including phenoxy) is 1. The Balaban J connectivity index is 1.47. The Hall–Kier alpha value is -3.43. The zero-order valence-electron chi connectivity index (χ0n) is 20.8. The van der Waals surface area contributed by atoms with Crippen molar-refractivity contribution in [3.63, 3.8) is 0 Å². The van der Waals surface area contributed by atoms with Gasteiger partial charge >= 0.3 is 0 Å². The Bertz CT molecular complexity index is 1410. The smallest absolute Gasteiger partial charge is 0.266 e. The van der Waals surface area contributed by atoms with Crippen molar-refractivity contribution in [3.8, 4) is 5.75 Å². The molecule has 2 aliphatic rings. The maximum atomic E-state index is 13.4. The molecule has 37 heavy (non-hydrogen) atoms. The quantitative estimate of drug-likeness (QED) is 0.365. The van der Waals surface area contributed by atoms with Crippen molar-refractivity contribution in [2.75, 3.05) is 25.1 Å². The molecule has 2 saturated heterocycles. The van der Waals surface area contributed by atoms with Crippen LogP contribution in [0.2, 0.25) is 0 Å². The number of primary amides is 1. The van der Waals surface area contributed by atoms with Gasteiger partial charge in [0.15, 0.2) is 0 Å². The van der Waals surface area contributed by atoms with Gasteiger partial charge in [-0.15, -0.1) is 0 Å². The van der Waals surface area contributed by atoms with E-state index in [0.29, 0.717) is 41.7 Å². The Morgan fingerprint density at radius 2 is 1.95 bits per heavy atom. The highest BCUT2D eigenvalue weighted by atomic mass is 32.2. The number of aryl methyl sites for hydroxylation is 1. The molecule has 0 saturated carbocycles. The third-order valence-electron chi connectivity index (χ3n) is 6.91. The average molecular weight is 533 g/mol. The van der Waals surface area contributed by atoms with Crippen molar-refractivity contribution in [1.29, 1.82) is 0 Å². The number of benzene rings is 2. The number of amides is 2.